The number of nitrogens with zero attached hydrogens (tertiary/aromatic N) is 1. The van der Waals surface area contributed by atoms with Crippen LogP contribution in [-0.2, 0) is 20.7 Å². The highest BCUT2D eigenvalue weighted by Crippen LogP contribution is 2.23. The minimum atomic E-state index is -1.19. The molecule has 1 atom stereocenters. The van der Waals surface area contributed by atoms with Gasteiger partial charge in [0, 0.05) is 6.07 Å². The highest BCUT2D eigenvalue weighted by atomic mass is 19.1. The summed E-state index contributed by atoms with van der Waals surface area (Å²) in [4.78, 5) is 34.4. The average molecular weight is 376 g/mol. The molecule has 2 aromatic rings. The van der Waals surface area contributed by atoms with Gasteiger partial charge in [0.05, 0.1) is 18.5 Å². The van der Waals surface area contributed by atoms with Crippen molar-refractivity contribution in [1.82, 2.24) is 0 Å². The molecule has 0 saturated heterocycles. The van der Waals surface area contributed by atoms with Crippen LogP contribution in [0.2, 0.25) is 0 Å². The third-order valence-electron chi connectivity index (χ3n) is 3.60. The summed E-state index contributed by atoms with van der Waals surface area (Å²) < 4.78 is 23.4. The smallest absolute Gasteiger partial charge is 0.311 e. The third-order valence-corrected chi connectivity index (χ3v) is 3.60. The molecule has 27 heavy (non-hydrogen) atoms. The Balaban J connectivity index is 1.97. The number of nitro groups is 1. The molecule has 0 aliphatic carbocycles. The Morgan fingerprint density at radius 1 is 1.26 bits per heavy atom. The molecule has 142 valence electrons. The molecule has 2 rings (SSSR count). The van der Waals surface area contributed by atoms with Gasteiger partial charge < -0.3 is 14.8 Å². The van der Waals surface area contributed by atoms with Gasteiger partial charge in [-0.1, -0.05) is 18.2 Å². The van der Waals surface area contributed by atoms with Crippen LogP contribution in [0.1, 0.15) is 12.5 Å². The summed E-state index contributed by atoms with van der Waals surface area (Å²) in [6.07, 6.45) is -1.44. The molecule has 0 saturated carbocycles. The average Bonchev–Trinajstić information content (AvgIpc) is 2.62. The summed E-state index contributed by atoms with van der Waals surface area (Å²) in [5, 5.41) is 13.3. The predicted molar refractivity (Wildman–Crippen MR) is 93.9 cm³/mol. The zero-order valence-corrected chi connectivity index (χ0v) is 14.6. The highest BCUT2D eigenvalue weighted by molar-refractivity contribution is 5.96. The number of nitro benzene ring substituents is 1. The Morgan fingerprint density at radius 2 is 1.96 bits per heavy atom. The van der Waals surface area contributed by atoms with E-state index >= 15 is 0 Å². The molecule has 8 nitrogen and oxygen atoms in total. The first-order chi connectivity index (χ1) is 12.8. The number of amides is 1. The van der Waals surface area contributed by atoms with Crippen molar-refractivity contribution in [2.45, 2.75) is 19.4 Å². The van der Waals surface area contributed by atoms with Gasteiger partial charge in [-0.25, -0.2) is 4.39 Å². The number of nitrogens with one attached hydrogen (secondary N) is 1. The van der Waals surface area contributed by atoms with Crippen LogP contribution in [0.3, 0.4) is 0 Å². The number of anilines is 1. The molecule has 2 aromatic carbocycles. The first kappa shape index (κ1) is 19.8. The topological polar surface area (TPSA) is 108 Å². The van der Waals surface area contributed by atoms with E-state index in [1.165, 1.54) is 50.4 Å². The molecule has 1 N–H and O–H groups in total. The summed E-state index contributed by atoms with van der Waals surface area (Å²) in [5.41, 5.74) is 0.0651. The fourth-order valence-electron chi connectivity index (χ4n) is 2.25. The summed E-state index contributed by atoms with van der Waals surface area (Å²) in [7, 11) is 1.32. The van der Waals surface area contributed by atoms with Crippen LogP contribution in [0.4, 0.5) is 15.8 Å². The largest absolute Gasteiger partial charge is 0.494 e. The van der Waals surface area contributed by atoms with Gasteiger partial charge in [0.15, 0.2) is 17.7 Å². The van der Waals surface area contributed by atoms with Crippen molar-refractivity contribution >= 4 is 23.3 Å². The Kier molecular flexibility index (Phi) is 6.42. The van der Waals surface area contributed by atoms with Crippen molar-refractivity contribution in [2.75, 3.05) is 12.4 Å². The van der Waals surface area contributed by atoms with Crippen LogP contribution >= 0.6 is 0 Å². The molecule has 1 unspecified atom stereocenters. The van der Waals surface area contributed by atoms with Gasteiger partial charge in [-0.15, -0.1) is 0 Å². The van der Waals surface area contributed by atoms with E-state index in [0.717, 1.165) is 6.07 Å². The van der Waals surface area contributed by atoms with E-state index in [2.05, 4.69) is 5.32 Å². The fraction of sp³-hybridized carbons (Fsp3) is 0.222. The van der Waals surface area contributed by atoms with E-state index < -0.39 is 28.7 Å². The van der Waals surface area contributed by atoms with Crippen LogP contribution in [0.25, 0.3) is 0 Å². The van der Waals surface area contributed by atoms with Gasteiger partial charge in [-0.3, -0.25) is 19.7 Å². The minimum Gasteiger partial charge on any atom is -0.494 e. The molecule has 0 aromatic heterocycles. The number of hydrogen-bond acceptors (Lipinski definition) is 6. The number of benzene rings is 2. The van der Waals surface area contributed by atoms with Gasteiger partial charge in [-0.05, 0) is 30.7 Å². The SMILES string of the molecule is COc1ccc(CC(=O)OC(C)C(=O)Nc2ccccc2[N+](=O)[O-])cc1F. The Labute approximate surface area is 154 Å². The summed E-state index contributed by atoms with van der Waals surface area (Å²) in [6.45, 7) is 1.33. The maximum atomic E-state index is 13.6. The molecule has 0 aliphatic heterocycles. The van der Waals surface area contributed by atoms with Gasteiger partial charge in [-0.2, -0.15) is 0 Å². The molecule has 0 spiro atoms. The zero-order valence-electron chi connectivity index (χ0n) is 14.6. The molecule has 0 fully saturated rings. The quantitative estimate of drug-likeness (QED) is 0.452. The van der Waals surface area contributed by atoms with Crippen LogP contribution in [-0.4, -0.2) is 30.0 Å². The first-order valence-corrected chi connectivity index (χ1v) is 7.88. The van der Waals surface area contributed by atoms with Gasteiger partial charge in [0.2, 0.25) is 0 Å². The van der Waals surface area contributed by atoms with Crippen LogP contribution in [0.5, 0.6) is 5.75 Å². The number of rotatable bonds is 7. The monoisotopic (exact) mass is 376 g/mol. The zero-order chi connectivity index (χ0) is 20.0. The van der Waals surface area contributed by atoms with Crippen molar-refractivity contribution in [2.24, 2.45) is 0 Å². The normalized spacial score (nSPS) is 11.4. The molecule has 1 amide bonds. The lowest BCUT2D eigenvalue weighted by Gasteiger charge is -2.14. The molecule has 0 bridgehead atoms. The van der Waals surface area contributed by atoms with Crippen LogP contribution in [0, 0.1) is 15.9 Å². The Hall–Kier alpha value is -3.49. The second-order valence-electron chi connectivity index (χ2n) is 5.54. The molecule has 0 aliphatic rings. The lowest BCUT2D eigenvalue weighted by atomic mass is 10.1. The van der Waals surface area contributed by atoms with Crippen molar-refractivity contribution in [3.05, 3.63) is 64.0 Å². The van der Waals surface area contributed by atoms with E-state index in [-0.39, 0.29) is 23.5 Å². The van der Waals surface area contributed by atoms with Gasteiger partial charge in [0.25, 0.3) is 11.6 Å². The maximum absolute atomic E-state index is 13.6. The van der Waals surface area contributed by atoms with Crippen molar-refractivity contribution < 1.29 is 28.4 Å². The Bertz CT molecular complexity index is 871. The molecular formula is C18H17FN2O6. The number of ether oxygens (including phenoxy) is 2. The van der Waals surface area contributed by atoms with E-state index in [1.54, 1.807) is 0 Å². The number of carbonyl (C=O) groups excluding carboxylic acids is 2. The number of carbonyl (C=O) groups is 2. The fourth-order valence-corrected chi connectivity index (χ4v) is 2.25. The summed E-state index contributed by atoms with van der Waals surface area (Å²) in [5.74, 6) is -2.04. The standard InChI is InChI=1S/C18H17FN2O6/c1-11(18(23)20-14-5-3-4-6-15(14)21(24)25)27-17(22)10-12-7-8-16(26-2)13(19)9-12/h3-9,11H,10H2,1-2H3,(H,20,23). The van der Waals surface area contributed by atoms with Crippen LogP contribution in [0.15, 0.2) is 42.5 Å². The van der Waals surface area contributed by atoms with Crippen molar-refractivity contribution in [3.63, 3.8) is 0 Å². The van der Waals surface area contributed by atoms with Crippen molar-refractivity contribution in [3.8, 4) is 5.75 Å². The minimum absolute atomic E-state index is 0.00683. The van der Waals surface area contributed by atoms with E-state index in [1.807, 2.05) is 0 Å². The van der Waals surface area contributed by atoms with Crippen molar-refractivity contribution in [1.29, 1.82) is 0 Å². The predicted octanol–water partition coefficient (Wildman–Crippen LogP) is 2.86. The molecule has 9 heteroatoms. The lowest BCUT2D eigenvalue weighted by molar-refractivity contribution is -0.383. The number of methoxy groups -OCH3 is 1. The summed E-state index contributed by atoms with van der Waals surface area (Å²) in [6, 6.07) is 9.61. The molecule has 0 radical (unpaired) electrons. The lowest BCUT2D eigenvalue weighted by Crippen LogP contribution is -2.30. The van der Waals surface area contributed by atoms with E-state index in [0.29, 0.717) is 5.56 Å². The molecular weight excluding hydrogens is 359 g/mol. The van der Waals surface area contributed by atoms with E-state index in [4.69, 9.17) is 9.47 Å². The number of halogens is 1. The third kappa shape index (κ3) is 5.24. The summed E-state index contributed by atoms with van der Waals surface area (Å²) >= 11 is 0. The number of hydrogen-bond donors (Lipinski definition) is 1. The second-order valence-corrected chi connectivity index (χ2v) is 5.54. The Morgan fingerprint density at radius 3 is 2.59 bits per heavy atom. The second kappa shape index (κ2) is 8.75. The maximum Gasteiger partial charge on any atom is 0.311 e. The number of esters is 1. The first-order valence-electron chi connectivity index (χ1n) is 7.88. The molecule has 0 heterocycles. The van der Waals surface area contributed by atoms with Gasteiger partial charge >= 0.3 is 5.97 Å². The van der Waals surface area contributed by atoms with E-state index in [9.17, 15) is 24.1 Å². The highest BCUT2D eigenvalue weighted by Gasteiger charge is 2.21. The number of para-hydroxylation sites is 2. The van der Waals surface area contributed by atoms with Crippen LogP contribution < -0.4 is 10.1 Å². The van der Waals surface area contributed by atoms with Gasteiger partial charge in [0.1, 0.15) is 5.69 Å².